The van der Waals surface area contributed by atoms with Crippen LogP contribution in [0.15, 0.2) is 18.5 Å². The molecule has 1 heterocycles. The molecule has 2 rings (SSSR count). The van der Waals surface area contributed by atoms with Crippen LogP contribution in [0, 0.1) is 0 Å². The number of aromatic nitrogens is 2. The van der Waals surface area contributed by atoms with Crippen LogP contribution in [0.1, 0.15) is 19.3 Å². The zero-order valence-corrected chi connectivity index (χ0v) is 8.30. The number of hydrogen-bond donors (Lipinski definition) is 1. The second-order valence-corrected chi connectivity index (χ2v) is 3.77. The van der Waals surface area contributed by atoms with Crippen LogP contribution in [0.5, 0.6) is 0 Å². The Kier molecular flexibility index (Phi) is 3.16. The lowest BCUT2D eigenvalue weighted by Gasteiger charge is -2.16. The Balaban J connectivity index is 1.68. The topological polar surface area (TPSA) is 53.1 Å². The molecule has 78 valence electrons. The number of hydrogen-bond acceptors (Lipinski definition) is 3. The molecule has 0 amide bonds. The van der Waals surface area contributed by atoms with Crippen molar-refractivity contribution >= 4 is 0 Å². The predicted octanol–water partition coefficient (Wildman–Crippen LogP) is 0.779. The summed E-state index contributed by atoms with van der Waals surface area (Å²) in [5.74, 6) is 0. The average molecular weight is 195 g/mol. The van der Waals surface area contributed by atoms with Gasteiger partial charge in [-0.2, -0.15) is 5.10 Å². The third-order valence-corrected chi connectivity index (χ3v) is 2.72. The first-order valence-electron chi connectivity index (χ1n) is 5.21. The van der Waals surface area contributed by atoms with Crippen LogP contribution in [0.4, 0.5) is 0 Å². The average Bonchev–Trinajstić information content (AvgIpc) is 2.78. The highest BCUT2D eigenvalue weighted by Gasteiger charge is 2.23. The molecular weight excluding hydrogens is 178 g/mol. The summed E-state index contributed by atoms with van der Waals surface area (Å²) in [5.41, 5.74) is 5.89. The van der Waals surface area contributed by atoms with E-state index >= 15 is 0 Å². The quantitative estimate of drug-likeness (QED) is 0.772. The highest BCUT2D eigenvalue weighted by atomic mass is 16.5. The fraction of sp³-hybridized carbons (Fsp3) is 0.700. The first kappa shape index (κ1) is 9.68. The molecule has 1 aliphatic rings. The Labute approximate surface area is 84.0 Å². The van der Waals surface area contributed by atoms with Gasteiger partial charge in [0.05, 0.1) is 19.3 Å². The lowest BCUT2D eigenvalue weighted by atomic mass is 10.2. The van der Waals surface area contributed by atoms with Gasteiger partial charge in [0.15, 0.2) is 0 Å². The predicted molar refractivity (Wildman–Crippen MR) is 53.8 cm³/mol. The smallest absolute Gasteiger partial charge is 0.0726 e. The number of ether oxygens (including phenoxy) is 1. The van der Waals surface area contributed by atoms with Crippen LogP contribution in [0.25, 0.3) is 0 Å². The molecule has 1 aliphatic carbocycles. The van der Waals surface area contributed by atoms with Crippen molar-refractivity contribution in [3.05, 3.63) is 18.5 Å². The summed E-state index contributed by atoms with van der Waals surface area (Å²) in [5, 5.41) is 4.10. The summed E-state index contributed by atoms with van der Waals surface area (Å²) in [6.07, 6.45) is 7.41. The molecule has 0 radical (unpaired) electrons. The molecule has 1 saturated carbocycles. The van der Waals surface area contributed by atoms with Crippen molar-refractivity contribution in [2.75, 3.05) is 6.61 Å². The van der Waals surface area contributed by atoms with Gasteiger partial charge >= 0.3 is 0 Å². The van der Waals surface area contributed by atoms with Gasteiger partial charge in [-0.25, -0.2) is 0 Å². The van der Waals surface area contributed by atoms with Crippen molar-refractivity contribution in [3.63, 3.8) is 0 Å². The van der Waals surface area contributed by atoms with Gasteiger partial charge in [-0.05, 0) is 25.3 Å². The van der Waals surface area contributed by atoms with E-state index in [4.69, 9.17) is 10.5 Å². The molecule has 2 unspecified atom stereocenters. The van der Waals surface area contributed by atoms with E-state index in [-0.39, 0.29) is 12.1 Å². The lowest BCUT2D eigenvalue weighted by Crippen LogP contribution is -2.32. The van der Waals surface area contributed by atoms with E-state index in [9.17, 15) is 0 Å². The van der Waals surface area contributed by atoms with Crippen molar-refractivity contribution in [1.29, 1.82) is 0 Å². The number of nitrogens with zero attached hydrogens (tertiary/aromatic N) is 2. The molecule has 1 fully saturated rings. The van der Waals surface area contributed by atoms with Crippen molar-refractivity contribution in [1.82, 2.24) is 9.78 Å². The minimum absolute atomic E-state index is 0.243. The Morgan fingerprint density at radius 3 is 3.07 bits per heavy atom. The highest BCUT2D eigenvalue weighted by Crippen LogP contribution is 2.19. The molecule has 1 aromatic heterocycles. The molecule has 1 aromatic rings. The van der Waals surface area contributed by atoms with E-state index in [0.717, 1.165) is 19.4 Å². The first-order valence-corrected chi connectivity index (χ1v) is 5.21. The number of nitrogens with two attached hydrogens (primary N) is 1. The second kappa shape index (κ2) is 4.57. The molecule has 0 bridgehead atoms. The van der Waals surface area contributed by atoms with Crippen molar-refractivity contribution in [2.45, 2.75) is 38.0 Å². The maximum absolute atomic E-state index is 5.89. The van der Waals surface area contributed by atoms with E-state index in [1.165, 1.54) is 6.42 Å². The van der Waals surface area contributed by atoms with Gasteiger partial charge in [0.2, 0.25) is 0 Å². The van der Waals surface area contributed by atoms with Crippen LogP contribution in [-0.4, -0.2) is 28.5 Å². The Hall–Kier alpha value is -0.870. The summed E-state index contributed by atoms with van der Waals surface area (Å²) in [6, 6.07) is 2.16. The number of rotatable bonds is 4. The zero-order valence-electron chi connectivity index (χ0n) is 8.30. The Morgan fingerprint density at radius 1 is 1.50 bits per heavy atom. The van der Waals surface area contributed by atoms with E-state index in [1.807, 2.05) is 16.9 Å². The Morgan fingerprint density at radius 2 is 2.43 bits per heavy atom. The second-order valence-electron chi connectivity index (χ2n) is 3.77. The summed E-state index contributed by atoms with van der Waals surface area (Å²) in [4.78, 5) is 0. The van der Waals surface area contributed by atoms with Crippen molar-refractivity contribution in [3.8, 4) is 0 Å². The van der Waals surface area contributed by atoms with E-state index < -0.39 is 0 Å². The molecule has 2 atom stereocenters. The molecule has 0 aromatic carbocycles. The zero-order chi connectivity index (χ0) is 9.80. The summed E-state index contributed by atoms with van der Waals surface area (Å²) >= 11 is 0. The first-order chi connectivity index (χ1) is 6.86. The molecule has 0 saturated heterocycles. The molecule has 2 N–H and O–H groups in total. The monoisotopic (exact) mass is 195 g/mol. The minimum atomic E-state index is 0.243. The molecule has 4 heteroatoms. The fourth-order valence-electron chi connectivity index (χ4n) is 1.89. The van der Waals surface area contributed by atoms with Gasteiger partial charge in [0.25, 0.3) is 0 Å². The van der Waals surface area contributed by atoms with Gasteiger partial charge in [-0.15, -0.1) is 0 Å². The van der Waals surface area contributed by atoms with Crippen molar-refractivity contribution in [2.24, 2.45) is 5.73 Å². The maximum Gasteiger partial charge on any atom is 0.0726 e. The SMILES string of the molecule is NC1CCCC1OCCn1cccn1. The van der Waals surface area contributed by atoms with Crippen molar-refractivity contribution < 1.29 is 4.74 Å². The van der Waals surface area contributed by atoms with E-state index in [2.05, 4.69) is 5.10 Å². The summed E-state index contributed by atoms with van der Waals surface area (Å²) in [7, 11) is 0. The van der Waals surface area contributed by atoms with Crippen LogP contribution < -0.4 is 5.73 Å². The third-order valence-electron chi connectivity index (χ3n) is 2.72. The van der Waals surface area contributed by atoms with E-state index in [1.54, 1.807) is 6.20 Å². The van der Waals surface area contributed by atoms with Gasteiger partial charge in [0, 0.05) is 18.4 Å². The van der Waals surface area contributed by atoms with Crippen LogP contribution >= 0.6 is 0 Å². The fourth-order valence-corrected chi connectivity index (χ4v) is 1.89. The minimum Gasteiger partial charge on any atom is -0.375 e. The normalized spacial score (nSPS) is 26.9. The van der Waals surface area contributed by atoms with Gasteiger partial charge in [-0.1, -0.05) is 0 Å². The largest absolute Gasteiger partial charge is 0.375 e. The van der Waals surface area contributed by atoms with Crippen LogP contribution in [0.3, 0.4) is 0 Å². The summed E-state index contributed by atoms with van der Waals surface area (Å²) in [6.45, 7) is 1.52. The standard InChI is InChI=1S/C10H17N3O/c11-9-3-1-4-10(9)14-8-7-13-6-2-5-12-13/h2,5-6,9-10H,1,3-4,7-8,11H2. The molecule has 0 aliphatic heterocycles. The molecule has 0 spiro atoms. The van der Waals surface area contributed by atoms with E-state index in [0.29, 0.717) is 6.61 Å². The summed E-state index contributed by atoms with van der Waals surface area (Å²) < 4.78 is 7.58. The molecular formula is C10H17N3O. The Bertz CT molecular complexity index is 260. The van der Waals surface area contributed by atoms with Gasteiger partial charge < -0.3 is 10.5 Å². The highest BCUT2D eigenvalue weighted by molar-refractivity contribution is 4.81. The van der Waals surface area contributed by atoms with Gasteiger partial charge in [-0.3, -0.25) is 4.68 Å². The van der Waals surface area contributed by atoms with Gasteiger partial charge in [0.1, 0.15) is 0 Å². The third kappa shape index (κ3) is 2.33. The van der Waals surface area contributed by atoms with Crippen LogP contribution in [0.2, 0.25) is 0 Å². The molecule has 4 nitrogen and oxygen atoms in total. The lowest BCUT2D eigenvalue weighted by molar-refractivity contribution is 0.0416. The maximum atomic E-state index is 5.89. The molecule has 14 heavy (non-hydrogen) atoms. The van der Waals surface area contributed by atoms with Crippen LogP contribution in [-0.2, 0) is 11.3 Å².